The van der Waals surface area contributed by atoms with Crippen molar-refractivity contribution >= 4 is 70.2 Å². The number of benzene rings is 8. The minimum atomic E-state index is -1.48. The molecular formula is C83H81N9O13. The van der Waals surface area contributed by atoms with Crippen molar-refractivity contribution in [2.75, 3.05) is 18.1 Å². The molecule has 9 atom stereocenters. The second-order valence-corrected chi connectivity index (χ2v) is 28.4. The van der Waals surface area contributed by atoms with Crippen LogP contribution in [0.2, 0.25) is 0 Å². The maximum atomic E-state index is 15.7. The number of carbonyl (C=O) groups is 9. The third kappa shape index (κ3) is 14.1. The summed E-state index contributed by atoms with van der Waals surface area (Å²) in [7, 11) is 0. The number of piperidine rings is 1. The lowest BCUT2D eigenvalue weighted by Crippen LogP contribution is -2.67. The fraction of sp³-hybridized carbons (Fsp3) is 0.289. The van der Waals surface area contributed by atoms with Gasteiger partial charge in [0.25, 0.3) is 5.91 Å². The van der Waals surface area contributed by atoms with Crippen molar-refractivity contribution in [2.45, 2.75) is 138 Å². The van der Waals surface area contributed by atoms with Crippen LogP contribution in [0.15, 0.2) is 219 Å². The maximum absolute atomic E-state index is 15.7. The second kappa shape index (κ2) is 29.3. The van der Waals surface area contributed by atoms with Gasteiger partial charge in [-0.25, -0.2) is 14.4 Å². The zero-order chi connectivity index (χ0) is 73.3. The first-order chi connectivity index (χ1) is 50.7. The lowest BCUT2D eigenvalue weighted by Gasteiger charge is -2.49. The van der Waals surface area contributed by atoms with E-state index in [9.17, 15) is 29.1 Å². The standard InChI is InChI=1S/C83H81N9O13/c1-50(78(100)103-48-53-25-10-6-11-26-53)84-72(94)64(43-52-38-40-56(93)41-39-52)85-74(96)69-37-22-42-89(69)77(99)71(54-27-12-7-13-28-54)88-73(95)65(86-81(102)105-82(2,3)4)45-55-47-90(67-35-20-18-29-57(55)67)83-46-66(87-80(101)104-49-62-60-32-16-14-30-58(60)59-31-15-17-33-61(59)62)75(97)92-70(44-51-23-8-5-9-24-51)76(98)91(79(83)92)68-36-21-19-34-63(68)83/h5-21,23-36,38-41,47,50,62,64-66,69-71,79,93H,22,37,42-46,48-49H2,1-4H3,(H,84,94)(H,85,96)(H,86,102)(H,87,101)(H,88,95)/t50-,64-,65-,66-,69-,70-,71-,79-,83+/m0/s1. The minimum absolute atomic E-state index is 0.0176. The predicted octanol–water partition coefficient (Wildman–Crippen LogP) is 9.79. The summed E-state index contributed by atoms with van der Waals surface area (Å²) >= 11 is 0. The Balaban J connectivity index is 0.777. The highest BCUT2D eigenvalue weighted by Gasteiger charge is 2.68. The molecule has 8 aromatic carbocycles. The lowest BCUT2D eigenvalue weighted by molar-refractivity contribution is -0.149. The average Bonchev–Trinajstić information content (AvgIpc) is 1.50. The molecule has 0 saturated carbocycles. The fourth-order valence-electron chi connectivity index (χ4n) is 15.8. The van der Waals surface area contributed by atoms with Crippen molar-refractivity contribution in [1.82, 2.24) is 41.0 Å². The van der Waals surface area contributed by atoms with Crippen molar-refractivity contribution < 1.29 is 62.5 Å². The van der Waals surface area contributed by atoms with Crippen molar-refractivity contribution in [2.24, 2.45) is 0 Å². The molecule has 14 rings (SSSR count). The topological polar surface area (TPSA) is 276 Å². The van der Waals surface area contributed by atoms with E-state index in [1.807, 2.05) is 156 Å². The highest BCUT2D eigenvalue weighted by molar-refractivity contribution is 6.08. The van der Waals surface area contributed by atoms with Crippen LogP contribution in [0.1, 0.15) is 103 Å². The first-order valence-electron chi connectivity index (χ1n) is 35.5. The summed E-state index contributed by atoms with van der Waals surface area (Å²) in [5.41, 5.74) is 6.63. The highest BCUT2D eigenvalue weighted by atomic mass is 16.6. The molecule has 0 radical (unpaired) electrons. The molecule has 6 N–H and O–H groups in total. The van der Waals surface area contributed by atoms with Crippen LogP contribution >= 0.6 is 0 Å². The largest absolute Gasteiger partial charge is 0.508 e. The number of hydrogen-bond acceptors (Lipinski definition) is 13. The van der Waals surface area contributed by atoms with Crippen LogP contribution in [-0.2, 0) is 79.2 Å². The molecule has 1 aliphatic carbocycles. The summed E-state index contributed by atoms with van der Waals surface area (Å²) in [6.45, 7) is 6.54. The Kier molecular flexibility index (Phi) is 19.6. The monoisotopic (exact) mass is 1410 g/mol. The molecule has 22 heteroatoms. The molecule has 1 aromatic heterocycles. The molecule has 3 saturated heterocycles. The minimum Gasteiger partial charge on any atom is -0.508 e. The Morgan fingerprint density at radius 1 is 0.619 bits per heavy atom. The molecule has 9 aromatic rings. The molecule has 0 spiro atoms. The number of aromatic hydroxyl groups is 1. The van der Waals surface area contributed by atoms with Gasteiger partial charge in [-0.1, -0.05) is 188 Å². The zero-order valence-corrected chi connectivity index (χ0v) is 58.5. The first kappa shape index (κ1) is 70.0. The number of nitrogens with one attached hydrogen (secondary N) is 5. The number of fused-ring (bicyclic) bond motifs is 7. The van der Waals surface area contributed by atoms with Crippen molar-refractivity contribution in [3.05, 3.63) is 263 Å². The molecule has 5 aliphatic rings. The van der Waals surface area contributed by atoms with Crippen molar-refractivity contribution in [3.8, 4) is 16.9 Å². The van der Waals surface area contributed by atoms with Crippen LogP contribution < -0.4 is 31.5 Å². The SMILES string of the molecule is C[C@H](NC(=O)[C@H](Cc1ccc(O)cc1)NC(=O)[C@@H]1CCCN1C(=O)[C@@H](NC(=O)[C@H](Cc1cn([C@]23C[C@H](NC(=O)OCC4c5ccccc5-c5ccccc54)C(=O)N4[C@@H](Cc5ccccc5)C(=O)N(c5ccccc52)[C@@H]43)c2ccccc12)NC(=O)OC(C)(C)C)c1ccccc1)C(=O)OCc1ccccc1. The number of likely N-dealkylation sites (tertiary alicyclic amines) is 1. The summed E-state index contributed by atoms with van der Waals surface area (Å²) in [4.78, 5) is 138. The van der Waals surface area contributed by atoms with Crippen molar-refractivity contribution in [1.29, 1.82) is 0 Å². The van der Waals surface area contributed by atoms with Gasteiger partial charge in [0.1, 0.15) is 78.6 Å². The number of ether oxygens (including phenoxy) is 3. The first-order valence-corrected chi connectivity index (χ1v) is 35.5. The number of aromatic nitrogens is 1. The molecule has 0 bridgehead atoms. The number of phenolic OH excluding ortho intramolecular Hbond substituents is 1. The van der Waals surface area contributed by atoms with Gasteiger partial charge < -0.3 is 60.3 Å². The smallest absolute Gasteiger partial charge is 0.408 e. The Morgan fingerprint density at radius 3 is 1.92 bits per heavy atom. The Bertz CT molecular complexity index is 4770. The number of hydrogen-bond donors (Lipinski definition) is 6. The summed E-state index contributed by atoms with van der Waals surface area (Å²) in [5, 5.41) is 25.1. The Labute approximate surface area is 607 Å². The van der Waals surface area contributed by atoms with Crippen molar-refractivity contribution in [3.63, 3.8) is 0 Å². The number of anilines is 1. The Hall–Kier alpha value is -12.1. The van der Waals surface area contributed by atoms with Crippen LogP contribution in [0, 0.1) is 0 Å². The van der Waals surface area contributed by atoms with Gasteiger partial charge in [0.05, 0.1) is 5.69 Å². The van der Waals surface area contributed by atoms with Gasteiger partial charge in [0, 0.05) is 60.8 Å². The molecule has 5 heterocycles. The van der Waals surface area contributed by atoms with Crippen LogP contribution in [0.3, 0.4) is 0 Å². The van der Waals surface area contributed by atoms with Gasteiger partial charge in [-0.2, -0.15) is 0 Å². The van der Waals surface area contributed by atoms with E-state index >= 15 is 19.2 Å². The number of esters is 1. The summed E-state index contributed by atoms with van der Waals surface area (Å²) in [6.07, 6.45) is -0.514. The van der Waals surface area contributed by atoms with Crippen LogP contribution in [0.5, 0.6) is 5.75 Å². The average molecular weight is 1410 g/mol. The Morgan fingerprint density at radius 2 is 1.23 bits per heavy atom. The summed E-state index contributed by atoms with van der Waals surface area (Å²) in [5.74, 6) is -4.65. The molecule has 4 aliphatic heterocycles. The molecule has 8 amide bonds. The molecular weight excluding hydrogens is 1330 g/mol. The second-order valence-electron chi connectivity index (χ2n) is 28.4. The van der Waals surface area contributed by atoms with E-state index in [0.717, 1.165) is 33.4 Å². The van der Waals surface area contributed by atoms with E-state index in [0.29, 0.717) is 45.3 Å². The lowest BCUT2D eigenvalue weighted by atomic mass is 9.78. The third-order valence-electron chi connectivity index (χ3n) is 20.5. The van der Waals surface area contributed by atoms with E-state index in [-0.39, 0.29) is 69.4 Å². The third-order valence-corrected chi connectivity index (χ3v) is 20.5. The van der Waals surface area contributed by atoms with Gasteiger partial charge in [-0.05, 0) is 115 Å². The quantitative estimate of drug-likeness (QED) is 0.0273. The van der Waals surface area contributed by atoms with Gasteiger partial charge >= 0.3 is 18.2 Å². The molecule has 22 nitrogen and oxygen atoms in total. The van der Waals surface area contributed by atoms with E-state index in [1.54, 1.807) is 85.2 Å². The van der Waals surface area contributed by atoms with Gasteiger partial charge in [-0.3, -0.25) is 33.7 Å². The number of nitrogens with zero attached hydrogens (tertiary/aromatic N) is 4. The summed E-state index contributed by atoms with van der Waals surface area (Å²) < 4.78 is 19.5. The van der Waals surface area contributed by atoms with Gasteiger partial charge in [0.2, 0.25) is 29.5 Å². The zero-order valence-electron chi connectivity index (χ0n) is 58.5. The number of phenols is 1. The number of amides is 8. The highest BCUT2D eigenvalue weighted by Crippen LogP contribution is 2.57. The van der Waals surface area contributed by atoms with E-state index in [2.05, 4.69) is 26.6 Å². The van der Waals surface area contributed by atoms with Crippen LogP contribution in [-0.4, -0.2) is 134 Å². The summed E-state index contributed by atoms with van der Waals surface area (Å²) in [6, 6.07) is 55.2. The molecule has 105 heavy (non-hydrogen) atoms. The fourth-order valence-corrected chi connectivity index (χ4v) is 15.8. The van der Waals surface area contributed by atoms with E-state index < -0.39 is 107 Å². The molecule has 3 fully saturated rings. The molecule has 536 valence electrons. The van der Waals surface area contributed by atoms with Crippen LogP contribution in [0.25, 0.3) is 22.0 Å². The molecule has 0 unspecified atom stereocenters. The van der Waals surface area contributed by atoms with Gasteiger partial charge in [-0.15, -0.1) is 0 Å². The number of rotatable bonds is 22. The van der Waals surface area contributed by atoms with Gasteiger partial charge in [0.15, 0.2) is 0 Å². The van der Waals surface area contributed by atoms with E-state index in [1.165, 1.54) is 24.0 Å². The predicted molar refractivity (Wildman–Crippen MR) is 391 cm³/mol. The maximum Gasteiger partial charge on any atom is 0.408 e. The number of carbonyl (C=O) groups excluding carboxylic acids is 9. The number of para-hydroxylation sites is 2. The normalized spacial score (nSPS) is 19.6. The van der Waals surface area contributed by atoms with E-state index in [4.69, 9.17) is 14.2 Å². The number of alkyl carbamates (subject to hydrolysis) is 2. The van der Waals surface area contributed by atoms with Crippen LogP contribution in [0.4, 0.5) is 15.3 Å².